The third kappa shape index (κ3) is 6.10. The zero-order chi connectivity index (χ0) is 21.8. The van der Waals surface area contributed by atoms with Crippen LogP contribution < -0.4 is 40.6 Å². The number of nitrogen functional groups attached to an aromatic ring is 1. The number of carbonyl (C=O) groups is 3. The molecule has 1 aliphatic rings. The molecule has 1 aromatic heterocycles. The minimum Gasteiger partial charge on any atom is -0.731 e. The van der Waals surface area contributed by atoms with Gasteiger partial charge < -0.3 is 29.9 Å². The van der Waals surface area contributed by atoms with Crippen LogP contribution in [-0.2, 0) is 39.0 Å². The van der Waals surface area contributed by atoms with E-state index in [4.69, 9.17) is 10.5 Å². The minimum absolute atomic E-state index is 0. The molecule has 0 bridgehead atoms. The summed E-state index contributed by atoms with van der Waals surface area (Å²) in [4.78, 5) is 44.4. The van der Waals surface area contributed by atoms with E-state index in [9.17, 15) is 27.4 Å². The summed E-state index contributed by atoms with van der Waals surface area (Å²) in [6, 6.07) is -1.58. The van der Waals surface area contributed by atoms with Gasteiger partial charge in [0.1, 0.15) is 19.4 Å². The summed E-state index contributed by atoms with van der Waals surface area (Å²) in [5.74, 6) is -3.10. The fourth-order valence-electron chi connectivity index (χ4n) is 2.23. The van der Waals surface area contributed by atoms with E-state index in [1.165, 1.54) is 12.3 Å². The van der Waals surface area contributed by atoms with Crippen molar-refractivity contribution in [2.45, 2.75) is 19.2 Å². The Morgan fingerprint density at radius 2 is 2.13 bits per heavy atom. The number of oxime groups is 1. The number of nitrogens with zero attached hydrogens (tertiary/aromatic N) is 3. The van der Waals surface area contributed by atoms with Crippen molar-refractivity contribution in [1.82, 2.24) is 14.6 Å². The molecule has 2 rings (SSSR count). The molecule has 0 radical (unpaired) electrons. The van der Waals surface area contributed by atoms with E-state index in [0.717, 1.165) is 18.4 Å². The maximum Gasteiger partial charge on any atom is 1.00 e. The van der Waals surface area contributed by atoms with Crippen molar-refractivity contribution in [3.8, 4) is 0 Å². The average Bonchev–Trinajstić information content (AvgIpc) is 3.05. The van der Waals surface area contributed by atoms with Gasteiger partial charge in [-0.2, -0.15) is 0 Å². The van der Waals surface area contributed by atoms with E-state index in [-0.39, 0.29) is 57.0 Å². The monoisotopic (exact) mass is 473 g/mol. The zero-order valence-electron chi connectivity index (χ0n) is 16.1. The fraction of sp³-hybridized carbons (Fsp3) is 0.462. The van der Waals surface area contributed by atoms with Gasteiger partial charge in [0.2, 0.25) is 0 Å². The van der Waals surface area contributed by atoms with E-state index < -0.39 is 47.0 Å². The first-order valence-corrected chi connectivity index (χ1v) is 10.0. The first-order valence-electron chi connectivity index (χ1n) is 7.79. The van der Waals surface area contributed by atoms with Crippen molar-refractivity contribution in [3.63, 3.8) is 0 Å². The molecule has 2 atom stereocenters. The van der Waals surface area contributed by atoms with Crippen LogP contribution in [0.3, 0.4) is 0 Å². The Labute approximate surface area is 196 Å². The Balaban J connectivity index is 0.00000450. The van der Waals surface area contributed by atoms with Crippen LogP contribution in [0.5, 0.6) is 0 Å². The summed E-state index contributed by atoms with van der Waals surface area (Å²) in [6.07, 6.45) is -1.75. The van der Waals surface area contributed by atoms with Gasteiger partial charge in [-0.05, 0) is 6.92 Å². The van der Waals surface area contributed by atoms with Crippen molar-refractivity contribution in [2.24, 2.45) is 5.16 Å². The van der Waals surface area contributed by atoms with Crippen molar-refractivity contribution in [3.05, 3.63) is 11.1 Å². The summed E-state index contributed by atoms with van der Waals surface area (Å²) in [6.45, 7) is 0.805. The largest absolute Gasteiger partial charge is 1.00 e. The summed E-state index contributed by atoms with van der Waals surface area (Å²) in [7, 11) is -4.09. The zero-order valence-corrected chi connectivity index (χ0v) is 19.7. The maximum atomic E-state index is 12.5. The molecule has 1 saturated heterocycles. The third-order valence-corrected chi connectivity index (χ3v) is 4.91. The third-order valence-electron chi connectivity index (χ3n) is 3.37. The van der Waals surface area contributed by atoms with Gasteiger partial charge in [0, 0.05) is 5.38 Å². The molecule has 30 heavy (non-hydrogen) atoms. The maximum absolute atomic E-state index is 12.5. The Kier molecular flexibility index (Phi) is 9.60. The number of esters is 1. The molecule has 0 saturated carbocycles. The molecule has 2 amide bonds. The summed E-state index contributed by atoms with van der Waals surface area (Å²) in [5, 5.41) is 7.21. The van der Waals surface area contributed by atoms with Gasteiger partial charge >= 0.3 is 35.5 Å². The molecule has 2 heterocycles. The first kappa shape index (κ1) is 26.2. The number of aromatic nitrogens is 1. The number of β-lactam (4-membered cyclic amide) rings is 1. The second-order valence-corrected chi connectivity index (χ2v) is 7.38. The molecule has 17 heteroatoms. The van der Waals surface area contributed by atoms with Gasteiger partial charge in [0.15, 0.2) is 33.4 Å². The standard InChI is InChI=1S/C13H17N5O9S2.Na/c1-3-26-7(19)4-27-12-9(11(21)18(12)29(22,23)24)16-10(20)8(17-25-2)6-5-28-13(14)15-6;/h5,9,12H,3-4H2,1-2H3,(H2,14,15)(H,16,20)(H,22,23,24);/q;+1/p-1/b17-8+;. The fourth-order valence-corrected chi connectivity index (χ4v) is 3.55. The molecule has 14 nitrogen and oxygen atoms in total. The number of thiazole rings is 1. The minimum atomic E-state index is -5.25. The predicted octanol–water partition coefficient (Wildman–Crippen LogP) is -5.23. The number of nitrogens with two attached hydrogens (primary N) is 1. The molecule has 160 valence electrons. The molecule has 1 aromatic rings. The topological polar surface area (TPSA) is 203 Å². The SMILES string of the molecule is CCOC(=O)COC1C(NC(=O)/C(=N/OC)c2csc(N)n2)C(=O)N1S(=O)(=O)[O-].[Na+]. The number of amides is 2. The molecule has 1 aliphatic heterocycles. The van der Waals surface area contributed by atoms with Crippen molar-refractivity contribution < 1.29 is 71.2 Å². The molecule has 2 unspecified atom stereocenters. The molecule has 1 fully saturated rings. The van der Waals surface area contributed by atoms with E-state index in [1.54, 1.807) is 0 Å². The second-order valence-electron chi connectivity index (χ2n) is 5.24. The van der Waals surface area contributed by atoms with Gasteiger partial charge in [0.25, 0.3) is 11.8 Å². The van der Waals surface area contributed by atoms with E-state index in [2.05, 4.69) is 25.0 Å². The van der Waals surface area contributed by atoms with Crippen LogP contribution >= 0.6 is 11.3 Å². The Morgan fingerprint density at radius 1 is 1.47 bits per heavy atom. The summed E-state index contributed by atoms with van der Waals surface area (Å²) in [5.41, 5.74) is 5.19. The van der Waals surface area contributed by atoms with Crippen molar-refractivity contribution in [1.29, 1.82) is 0 Å². The molecule has 0 aliphatic carbocycles. The van der Waals surface area contributed by atoms with E-state index >= 15 is 0 Å². The van der Waals surface area contributed by atoms with Gasteiger partial charge in [-0.3, -0.25) is 9.59 Å². The molecular weight excluding hydrogens is 457 g/mol. The van der Waals surface area contributed by atoms with Crippen LogP contribution in [0.2, 0.25) is 0 Å². The molecule has 0 spiro atoms. The Bertz CT molecular complexity index is 935. The van der Waals surface area contributed by atoms with Crippen LogP contribution in [0, 0.1) is 0 Å². The number of carbonyl (C=O) groups excluding carboxylic acids is 3. The first-order chi connectivity index (χ1) is 13.6. The average molecular weight is 473 g/mol. The van der Waals surface area contributed by atoms with Crippen LogP contribution in [0.1, 0.15) is 12.6 Å². The Morgan fingerprint density at radius 3 is 2.63 bits per heavy atom. The van der Waals surface area contributed by atoms with Crippen molar-refractivity contribution in [2.75, 3.05) is 26.1 Å². The van der Waals surface area contributed by atoms with Crippen LogP contribution in [0.4, 0.5) is 5.13 Å². The summed E-state index contributed by atoms with van der Waals surface area (Å²) >= 11 is 1.01. The number of anilines is 1. The number of rotatable bonds is 9. The normalized spacial score (nSPS) is 18.8. The van der Waals surface area contributed by atoms with Gasteiger partial charge in [-0.25, -0.2) is 22.5 Å². The van der Waals surface area contributed by atoms with Crippen LogP contribution in [-0.4, -0.2) is 78.3 Å². The van der Waals surface area contributed by atoms with E-state index in [0.29, 0.717) is 0 Å². The van der Waals surface area contributed by atoms with Gasteiger partial charge in [0.05, 0.1) is 6.61 Å². The molecular formula is C13H16N5NaO9S2. The van der Waals surface area contributed by atoms with E-state index in [1.807, 2.05) is 0 Å². The number of ether oxygens (including phenoxy) is 2. The quantitative estimate of drug-likeness (QED) is 0.0866. The number of hydrogen-bond acceptors (Lipinski definition) is 13. The predicted molar refractivity (Wildman–Crippen MR) is 94.9 cm³/mol. The Hall–Kier alpha value is -1.82. The molecule has 0 aromatic carbocycles. The van der Waals surface area contributed by atoms with Crippen LogP contribution in [0.15, 0.2) is 10.5 Å². The summed E-state index contributed by atoms with van der Waals surface area (Å²) < 4.78 is 43.3. The van der Waals surface area contributed by atoms with Crippen molar-refractivity contribution >= 4 is 50.3 Å². The number of nitrogens with one attached hydrogen (secondary N) is 1. The smallest absolute Gasteiger partial charge is 0.731 e. The van der Waals surface area contributed by atoms with Crippen LogP contribution in [0.25, 0.3) is 0 Å². The number of hydrogen-bond donors (Lipinski definition) is 2. The molecule has 3 N–H and O–H groups in total. The van der Waals surface area contributed by atoms with Gasteiger partial charge in [-0.1, -0.05) is 5.16 Å². The van der Waals surface area contributed by atoms with Gasteiger partial charge in [-0.15, -0.1) is 11.3 Å². The second kappa shape index (κ2) is 11.0.